The Morgan fingerprint density at radius 3 is 2.54 bits per heavy atom. The number of rotatable bonds is 10. The van der Waals surface area contributed by atoms with Crippen LogP contribution in [0.5, 0.6) is 11.5 Å². The van der Waals surface area contributed by atoms with E-state index in [1.54, 1.807) is 42.2 Å². The van der Waals surface area contributed by atoms with Crippen LogP contribution in [0, 0.1) is 12.3 Å². The number of aryl methyl sites for hydroxylation is 1. The molecular weight excluding hydrogens is 580 g/mol. The molecule has 1 aromatic heterocycles. The van der Waals surface area contributed by atoms with Crippen molar-refractivity contribution in [2.75, 3.05) is 32.3 Å². The molecule has 0 saturated heterocycles. The fraction of sp³-hybridized carbons (Fsp3) is 0.414. The van der Waals surface area contributed by atoms with Gasteiger partial charge in [-0.25, -0.2) is 4.98 Å². The van der Waals surface area contributed by atoms with Crippen LogP contribution in [0.2, 0.25) is 5.02 Å². The molecule has 0 bridgehead atoms. The van der Waals surface area contributed by atoms with Crippen molar-refractivity contribution < 1.29 is 38.4 Å². The van der Waals surface area contributed by atoms with E-state index in [1.165, 1.54) is 14.2 Å². The second-order valence-corrected chi connectivity index (χ2v) is 10.9. The summed E-state index contributed by atoms with van der Waals surface area (Å²) in [6.07, 6.45) is -2.29. The average molecular weight is 615 g/mol. The number of aliphatic carboxylic acids is 1. The molecule has 0 fully saturated rings. The number of oxazole rings is 1. The molecule has 3 aromatic rings. The van der Waals surface area contributed by atoms with E-state index >= 15 is 0 Å². The summed E-state index contributed by atoms with van der Waals surface area (Å²) < 4.78 is 23.6. The number of aliphatic hydroxyl groups is 1. The first-order valence-corrected chi connectivity index (χ1v) is 13.1. The van der Waals surface area contributed by atoms with Gasteiger partial charge in [0.25, 0.3) is 5.91 Å². The molecule has 4 rings (SSSR count). The first-order chi connectivity index (χ1) is 19.0. The predicted octanol–water partition coefficient (Wildman–Crippen LogP) is 3.45. The van der Waals surface area contributed by atoms with Gasteiger partial charge in [-0.2, -0.15) is 0 Å². The van der Waals surface area contributed by atoms with Gasteiger partial charge in [0.05, 0.1) is 26.3 Å². The Labute approximate surface area is 273 Å². The molecule has 41 heavy (non-hydrogen) atoms. The van der Waals surface area contributed by atoms with Crippen molar-refractivity contribution in [2.24, 2.45) is 5.41 Å². The number of nitrogens with zero attached hydrogens (tertiary/aromatic N) is 2. The molecule has 0 radical (unpaired) electrons. The monoisotopic (exact) mass is 614 g/mol. The van der Waals surface area contributed by atoms with E-state index in [0.717, 1.165) is 0 Å². The van der Waals surface area contributed by atoms with Gasteiger partial charge in [0.2, 0.25) is 0 Å². The molecule has 1 aliphatic heterocycles. The number of carbonyl (C=O) groups excluding carboxylic acids is 1. The van der Waals surface area contributed by atoms with E-state index in [0.29, 0.717) is 39.0 Å². The predicted molar refractivity (Wildman–Crippen MR) is 156 cm³/mol. The summed E-state index contributed by atoms with van der Waals surface area (Å²) in [6.45, 7) is 5.39. The number of amides is 1. The summed E-state index contributed by atoms with van der Waals surface area (Å²) in [5, 5.41) is 19.7. The number of aliphatic hydroxyl groups excluding tert-OH is 1. The third-order valence-electron chi connectivity index (χ3n) is 6.74. The molecule has 1 amide bonds. The number of carbonyl (C=O) groups is 2. The van der Waals surface area contributed by atoms with Crippen LogP contribution in [0.25, 0.3) is 0 Å². The minimum absolute atomic E-state index is 0. The van der Waals surface area contributed by atoms with Gasteiger partial charge in [0.1, 0.15) is 24.4 Å². The van der Waals surface area contributed by atoms with Gasteiger partial charge < -0.3 is 33.7 Å². The van der Waals surface area contributed by atoms with Crippen molar-refractivity contribution in [1.29, 1.82) is 0 Å². The number of methoxy groups -OCH3 is 2. The molecule has 1 aliphatic rings. The van der Waals surface area contributed by atoms with Crippen LogP contribution in [-0.4, -0.2) is 98.3 Å². The Balaban J connectivity index is 0.00000462. The van der Waals surface area contributed by atoms with Crippen LogP contribution in [0.1, 0.15) is 48.4 Å². The summed E-state index contributed by atoms with van der Waals surface area (Å²) in [5.41, 5.74) is 1.60. The van der Waals surface area contributed by atoms with Crippen LogP contribution < -0.4 is 14.4 Å². The Morgan fingerprint density at radius 1 is 1.17 bits per heavy atom. The van der Waals surface area contributed by atoms with Crippen LogP contribution in [0.3, 0.4) is 0 Å². The van der Waals surface area contributed by atoms with Crippen molar-refractivity contribution >= 4 is 66.9 Å². The van der Waals surface area contributed by atoms with E-state index in [1.807, 2.05) is 19.9 Å². The first kappa shape index (κ1) is 33.2. The molecular formula is C29H35CaClN2O8. The number of fused-ring (bicyclic) bond motifs is 1. The summed E-state index contributed by atoms with van der Waals surface area (Å²) in [6, 6.07) is 10.6. The van der Waals surface area contributed by atoms with Gasteiger partial charge in [-0.15, -0.1) is 0 Å². The number of aromatic nitrogens is 1. The second kappa shape index (κ2) is 13.8. The third kappa shape index (κ3) is 7.36. The molecule has 2 heterocycles. The van der Waals surface area contributed by atoms with Gasteiger partial charge in [0, 0.05) is 40.4 Å². The summed E-state index contributed by atoms with van der Waals surface area (Å²) >= 11 is 6.46. The third-order valence-corrected chi connectivity index (χ3v) is 6.98. The molecule has 2 N–H and O–H groups in total. The van der Waals surface area contributed by atoms with E-state index in [9.17, 15) is 19.8 Å². The van der Waals surface area contributed by atoms with E-state index in [4.69, 9.17) is 30.2 Å². The number of hydrogen-bond donors (Lipinski definition) is 2. The summed E-state index contributed by atoms with van der Waals surface area (Å²) in [4.78, 5) is 31.4. The number of halogens is 1. The van der Waals surface area contributed by atoms with Crippen molar-refractivity contribution in [2.45, 2.75) is 45.8 Å². The van der Waals surface area contributed by atoms with Crippen molar-refractivity contribution in [3.05, 3.63) is 69.9 Å². The zero-order valence-electron chi connectivity index (χ0n) is 23.1. The number of carboxylic acid groups (broad SMARTS) is 1. The fourth-order valence-corrected chi connectivity index (χ4v) is 4.92. The average Bonchev–Trinajstić information content (AvgIpc) is 3.21. The number of hydrogen-bond acceptors (Lipinski definition) is 8. The molecule has 0 aliphatic carbocycles. The summed E-state index contributed by atoms with van der Waals surface area (Å²) in [7, 11) is 3.06. The normalized spacial score (nSPS) is 17.0. The summed E-state index contributed by atoms with van der Waals surface area (Å²) in [5.74, 6) is -0.115. The van der Waals surface area contributed by atoms with Gasteiger partial charge in [0.15, 0.2) is 17.4 Å². The number of carboxylic acids is 1. The van der Waals surface area contributed by atoms with E-state index < -0.39 is 23.6 Å². The van der Waals surface area contributed by atoms with Crippen molar-refractivity contribution in [1.82, 2.24) is 4.98 Å². The van der Waals surface area contributed by atoms with Gasteiger partial charge >= 0.3 is 43.7 Å². The topological polar surface area (TPSA) is 132 Å². The second-order valence-electron chi connectivity index (χ2n) is 10.4. The van der Waals surface area contributed by atoms with E-state index in [2.05, 4.69) is 4.98 Å². The maximum absolute atomic E-state index is 14.2. The number of ether oxygens (including phenoxy) is 3. The molecule has 0 spiro atoms. The zero-order chi connectivity index (χ0) is 29.2. The standard InChI is InChI=1S/C29H33ClN2O8.Ca.2H/c1-16-22(13-25(34)35)39-24(31-16)12-23-28(36)32(14-29(2,3)15-33)20-10-9-17(30)11-19(20)26(40-23)18-7-6-8-21(37-4)27(18)38-5;;;/h6-11,23,26,33H,12-15H2,1-5H3,(H,34,35);;;/t23-,26-;;;/m1.../s1. The SMILES string of the molecule is COc1cccc([C@H]2O[C@H](Cc3nc(C)c(CC(=O)O)o3)C(=O)N(CC(C)(C)CO)c3ccc(Cl)cc32)c1OC.[CaH2]. The number of para-hydroxylation sites is 1. The molecule has 2 atom stereocenters. The molecule has 12 heteroatoms. The Bertz CT molecular complexity index is 1410. The number of anilines is 1. The van der Waals surface area contributed by atoms with Gasteiger partial charge in [-0.05, 0) is 31.2 Å². The quantitative estimate of drug-likeness (QED) is 0.330. The molecule has 10 nitrogen and oxygen atoms in total. The maximum atomic E-state index is 14.2. The Hall–Kier alpha value is -2.34. The minimum atomic E-state index is -1.09. The van der Waals surface area contributed by atoms with Crippen LogP contribution in [0.4, 0.5) is 5.69 Å². The first-order valence-electron chi connectivity index (χ1n) is 12.7. The molecule has 218 valence electrons. The Morgan fingerprint density at radius 2 is 1.90 bits per heavy atom. The van der Waals surface area contributed by atoms with Crippen LogP contribution in [-0.2, 0) is 27.2 Å². The van der Waals surface area contributed by atoms with Crippen molar-refractivity contribution in [3.8, 4) is 11.5 Å². The van der Waals surface area contributed by atoms with Crippen LogP contribution in [0.15, 0.2) is 40.8 Å². The van der Waals surface area contributed by atoms with Crippen molar-refractivity contribution in [3.63, 3.8) is 0 Å². The van der Waals surface area contributed by atoms with Gasteiger partial charge in [-0.3, -0.25) is 9.59 Å². The Kier molecular flexibility index (Phi) is 11.1. The zero-order valence-corrected chi connectivity index (χ0v) is 23.8. The fourth-order valence-electron chi connectivity index (χ4n) is 4.74. The molecule has 0 saturated carbocycles. The van der Waals surface area contributed by atoms with Crippen LogP contribution >= 0.6 is 11.6 Å². The van der Waals surface area contributed by atoms with Gasteiger partial charge in [-0.1, -0.05) is 37.6 Å². The molecule has 2 aromatic carbocycles. The molecule has 0 unspecified atom stereocenters. The number of benzene rings is 2. The van der Waals surface area contributed by atoms with E-state index in [-0.39, 0.29) is 81.3 Å².